The minimum atomic E-state index is -0.0601. The van der Waals surface area contributed by atoms with Crippen LogP contribution in [0.15, 0.2) is 59.8 Å². The fourth-order valence-electron chi connectivity index (χ4n) is 4.19. The molecule has 1 aliphatic rings. The van der Waals surface area contributed by atoms with Crippen LogP contribution in [0, 0.1) is 0 Å². The van der Waals surface area contributed by atoms with E-state index in [9.17, 15) is 4.79 Å². The zero-order chi connectivity index (χ0) is 21.4. The molecule has 3 aromatic carbocycles. The number of hydrogen-bond donors (Lipinski definition) is 1. The summed E-state index contributed by atoms with van der Waals surface area (Å²) in [6.07, 6.45) is 1.75. The van der Waals surface area contributed by atoms with Crippen molar-refractivity contribution in [3.8, 4) is 22.5 Å². The van der Waals surface area contributed by atoms with Crippen LogP contribution in [0.5, 0.6) is 0 Å². The van der Waals surface area contributed by atoms with Crippen LogP contribution in [-0.2, 0) is 17.6 Å². The molecule has 0 unspecified atom stereocenters. The number of benzene rings is 3. The number of nitrogens with zero attached hydrogens (tertiary/aromatic N) is 3. The fourth-order valence-corrected chi connectivity index (χ4v) is 4.77. The second-order valence-electron chi connectivity index (χ2n) is 7.50. The van der Waals surface area contributed by atoms with E-state index < -0.39 is 0 Å². The molecule has 5 nitrogen and oxygen atoms in total. The topological polar surface area (TPSA) is 67.8 Å². The molecule has 6 heteroatoms. The molecule has 154 valence electrons. The molecular weight excluding hydrogens is 404 g/mol. The third-order valence-corrected chi connectivity index (χ3v) is 6.52. The Morgan fingerprint density at radius 1 is 0.871 bits per heavy atom. The number of rotatable bonds is 6. The van der Waals surface area contributed by atoms with Gasteiger partial charge in [0, 0.05) is 22.2 Å². The van der Waals surface area contributed by atoms with Gasteiger partial charge in [-0.15, -0.1) is 10.2 Å². The maximum Gasteiger partial charge on any atom is 0.234 e. The van der Waals surface area contributed by atoms with Gasteiger partial charge in [-0.3, -0.25) is 4.79 Å². The highest BCUT2D eigenvalue weighted by molar-refractivity contribution is 7.99. The van der Waals surface area contributed by atoms with E-state index in [2.05, 4.69) is 65.8 Å². The van der Waals surface area contributed by atoms with Crippen LogP contribution >= 0.6 is 11.8 Å². The smallest absolute Gasteiger partial charge is 0.234 e. The van der Waals surface area contributed by atoms with E-state index >= 15 is 0 Å². The van der Waals surface area contributed by atoms with Gasteiger partial charge in [0.15, 0.2) is 0 Å². The molecule has 1 aromatic heterocycles. The zero-order valence-electron chi connectivity index (χ0n) is 17.5. The molecule has 0 bridgehead atoms. The fraction of sp³-hybridized carbons (Fsp3) is 0.200. The Labute approximate surface area is 185 Å². The number of anilines is 1. The molecule has 0 spiro atoms. The van der Waals surface area contributed by atoms with Gasteiger partial charge in [-0.2, -0.15) is 0 Å². The molecule has 0 radical (unpaired) electrons. The van der Waals surface area contributed by atoms with Crippen LogP contribution in [-0.4, -0.2) is 26.8 Å². The number of fused-ring (bicyclic) bond motifs is 3. The molecule has 4 aromatic rings. The van der Waals surface area contributed by atoms with Crippen molar-refractivity contribution in [2.45, 2.75) is 31.8 Å². The Hall–Kier alpha value is -3.25. The normalized spacial score (nSPS) is 11.5. The van der Waals surface area contributed by atoms with Crippen molar-refractivity contribution < 1.29 is 4.79 Å². The summed E-state index contributed by atoms with van der Waals surface area (Å²) >= 11 is 1.31. The summed E-state index contributed by atoms with van der Waals surface area (Å²) in [6, 6.07) is 18.6. The summed E-state index contributed by atoms with van der Waals surface area (Å²) in [5.74, 6) is 0.175. The number of carbonyl (C=O) groups is 1. The van der Waals surface area contributed by atoms with Crippen molar-refractivity contribution in [2.75, 3.05) is 11.1 Å². The van der Waals surface area contributed by atoms with E-state index in [-0.39, 0.29) is 11.7 Å². The first kappa shape index (κ1) is 19.7. The van der Waals surface area contributed by atoms with E-state index in [1.807, 2.05) is 18.2 Å². The number of amides is 1. The first-order valence-corrected chi connectivity index (χ1v) is 11.5. The van der Waals surface area contributed by atoms with Crippen LogP contribution in [0.25, 0.3) is 33.3 Å². The van der Waals surface area contributed by atoms with Gasteiger partial charge in [-0.1, -0.05) is 80.2 Å². The molecule has 0 aliphatic heterocycles. The molecule has 31 heavy (non-hydrogen) atoms. The number of aryl methyl sites for hydroxylation is 2. The molecule has 1 amide bonds. The molecule has 5 rings (SSSR count). The second kappa shape index (κ2) is 8.12. The minimum Gasteiger partial charge on any atom is -0.325 e. The largest absolute Gasteiger partial charge is 0.325 e. The predicted molar refractivity (Wildman–Crippen MR) is 126 cm³/mol. The highest BCUT2D eigenvalue weighted by Crippen LogP contribution is 2.44. The van der Waals surface area contributed by atoms with Crippen molar-refractivity contribution >= 4 is 34.1 Å². The summed E-state index contributed by atoms with van der Waals surface area (Å²) < 4.78 is 0. The monoisotopic (exact) mass is 426 g/mol. The summed E-state index contributed by atoms with van der Waals surface area (Å²) in [6.45, 7) is 4.20. The number of carbonyl (C=O) groups excluding carboxylic acids is 1. The van der Waals surface area contributed by atoms with E-state index in [0.717, 1.165) is 52.2 Å². The van der Waals surface area contributed by atoms with Crippen LogP contribution < -0.4 is 5.32 Å². The third kappa shape index (κ3) is 3.47. The molecule has 0 saturated carbocycles. The molecule has 1 heterocycles. The van der Waals surface area contributed by atoms with E-state index in [1.54, 1.807) is 0 Å². The lowest BCUT2D eigenvalue weighted by atomic mass is 10.0. The highest BCUT2D eigenvalue weighted by atomic mass is 32.2. The highest BCUT2D eigenvalue weighted by Gasteiger charge is 2.25. The number of nitrogens with one attached hydrogen (secondary N) is 1. The molecule has 0 saturated heterocycles. The summed E-state index contributed by atoms with van der Waals surface area (Å²) in [5.41, 5.74) is 7.04. The predicted octanol–water partition coefficient (Wildman–Crippen LogP) is 5.53. The van der Waals surface area contributed by atoms with Gasteiger partial charge < -0.3 is 5.32 Å². The molecular formula is C25H22N4OS. The Balaban J connectivity index is 1.36. The maximum absolute atomic E-state index is 12.7. The van der Waals surface area contributed by atoms with Crippen molar-refractivity contribution in [3.63, 3.8) is 0 Å². The molecule has 0 fully saturated rings. The second-order valence-corrected chi connectivity index (χ2v) is 8.44. The standard InChI is InChI=1S/C25H22N4OS/c1-3-15-8-5-9-16(4-2)22(15)26-20(30)14-31-25-27-23-18-12-6-10-17-11-7-13-19(21(17)18)24(23)28-29-25/h5-13H,3-4,14H2,1-2H3,(H,26,30). The maximum atomic E-state index is 12.7. The van der Waals surface area contributed by atoms with Crippen molar-refractivity contribution in [1.82, 2.24) is 15.2 Å². The van der Waals surface area contributed by atoms with Gasteiger partial charge >= 0.3 is 0 Å². The van der Waals surface area contributed by atoms with Crippen LogP contribution in [0.1, 0.15) is 25.0 Å². The van der Waals surface area contributed by atoms with Gasteiger partial charge in [0.25, 0.3) is 0 Å². The lowest BCUT2D eigenvalue weighted by Gasteiger charge is -2.14. The number of aromatic nitrogens is 3. The average Bonchev–Trinajstić information content (AvgIpc) is 3.13. The summed E-state index contributed by atoms with van der Waals surface area (Å²) in [5, 5.41) is 14.7. The van der Waals surface area contributed by atoms with Gasteiger partial charge in [0.2, 0.25) is 11.1 Å². The zero-order valence-corrected chi connectivity index (χ0v) is 18.3. The number of para-hydroxylation sites is 1. The molecule has 0 atom stereocenters. The Bertz CT molecular complexity index is 1290. The Morgan fingerprint density at radius 3 is 2.19 bits per heavy atom. The molecule has 1 aliphatic carbocycles. The average molecular weight is 427 g/mol. The van der Waals surface area contributed by atoms with Gasteiger partial charge in [0.05, 0.1) is 5.75 Å². The van der Waals surface area contributed by atoms with Crippen molar-refractivity contribution in [2.24, 2.45) is 0 Å². The van der Waals surface area contributed by atoms with Gasteiger partial charge in [0.1, 0.15) is 11.4 Å². The lowest BCUT2D eigenvalue weighted by Crippen LogP contribution is -2.17. The quantitative estimate of drug-likeness (QED) is 0.362. The first-order chi connectivity index (χ1) is 15.2. The molecule has 1 N–H and O–H groups in total. The van der Waals surface area contributed by atoms with Gasteiger partial charge in [-0.25, -0.2) is 4.98 Å². The van der Waals surface area contributed by atoms with E-state index in [1.165, 1.54) is 22.5 Å². The SMILES string of the molecule is CCc1cccc(CC)c1NC(=O)CSc1nnc2c(n1)-c1cccc3cccc-2c13. The third-order valence-electron chi connectivity index (χ3n) is 5.68. The van der Waals surface area contributed by atoms with E-state index in [0.29, 0.717) is 5.16 Å². The summed E-state index contributed by atoms with van der Waals surface area (Å²) in [7, 11) is 0. The van der Waals surface area contributed by atoms with Crippen LogP contribution in [0.2, 0.25) is 0 Å². The first-order valence-electron chi connectivity index (χ1n) is 10.5. The van der Waals surface area contributed by atoms with Gasteiger partial charge in [-0.05, 0) is 29.4 Å². The number of thioether (sulfide) groups is 1. The van der Waals surface area contributed by atoms with Crippen molar-refractivity contribution in [3.05, 3.63) is 65.7 Å². The van der Waals surface area contributed by atoms with E-state index in [4.69, 9.17) is 4.98 Å². The van der Waals surface area contributed by atoms with Crippen LogP contribution in [0.4, 0.5) is 5.69 Å². The Kier molecular flexibility index (Phi) is 5.16. The Morgan fingerprint density at radius 2 is 1.52 bits per heavy atom. The minimum absolute atomic E-state index is 0.0601. The summed E-state index contributed by atoms with van der Waals surface area (Å²) in [4.78, 5) is 17.4. The number of hydrogen-bond acceptors (Lipinski definition) is 5. The van der Waals surface area contributed by atoms with Crippen molar-refractivity contribution in [1.29, 1.82) is 0 Å². The van der Waals surface area contributed by atoms with Crippen LogP contribution in [0.3, 0.4) is 0 Å². The lowest BCUT2D eigenvalue weighted by molar-refractivity contribution is -0.113.